The predicted octanol–water partition coefficient (Wildman–Crippen LogP) is 2.00. The van der Waals surface area contributed by atoms with Gasteiger partial charge in [-0.1, -0.05) is 0 Å². The Morgan fingerprint density at radius 3 is 2.74 bits per heavy atom. The monoisotopic (exact) mass is 308 g/mol. The molecule has 1 fully saturated rings. The zero-order valence-electron chi connectivity index (χ0n) is 13.4. The first kappa shape index (κ1) is 15.4. The molecule has 5 heteroatoms. The van der Waals surface area contributed by atoms with Gasteiger partial charge in [0.05, 0.1) is 11.7 Å². The van der Waals surface area contributed by atoms with Crippen LogP contribution in [-0.4, -0.2) is 34.3 Å². The molecule has 3 rings (SSSR count). The Hall–Kier alpha value is -2.45. The lowest BCUT2D eigenvalue weighted by molar-refractivity contribution is 0.148. The minimum Gasteiger partial charge on any atom is -0.391 e. The van der Waals surface area contributed by atoms with Crippen LogP contribution in [0.15, 0.2) is 30.6 Å². The van der Waals surface area contributed by atoms with Gasteiger partial charge in [-0.2, -0.15) is 5.26 Å². The summed E-state index contributed by atoms with van der Waals surface area (Å²) < 4.78 is 0. The fourth-order valence-corrected chi connectivity index (χ4v) is 3.23. The molecule has 0 bridgehead atoms. The number of aliphatic hydroxyl groups is 1. The number of hydrogen-bond donors (Lipinski definition) is 1. The maximum absolute atomic E-state index is 10.4. The number of β-amino-alcohol motifs (C(OH)–C–C–N with tert-alkyl or cyclic N) is 1. The van der Waals surface area contributed by atoms with Crippen molar-refractivity contribution >= 4 is 5.82 Å². The lowest BCUT2D eigenvalue weighted by Crippen LogP contribution is -2.23. The number of aryl methyl sites for hydroxylation is 2. The van der Waals surface area contributed by atoms with Crippen molar-refractivity contribution in [3.8, 4) is 6.07 Å². The summed E-state index contributed by atoms with van der Waals surface area (Å²) in [5.74, 6) is 0.827. The number of aromatic nitrogens is 2. The summed E-state index contributed by atoms with van der Waals surface area (Å²) in [6, 6.07) is 8.13. The van der Waals surface area contributed by atoms with Crippen molar-refractivity contribution < 1.29 is 5.11 Å². The summed E-state index contributed by atoms with van der Waals surface area (Å²) >= 11 is 0. The van der Waals surface area contributed by atoms with Crippen LogP contribution in [-0.2, 0) is 6.42 Å². The van der Waals surface area contributed by atoms with Crippen molar-refractivity contribution in [3.63, 3.8) is 0 Å². The molecule has 3 heterocycles. The van der Waals surface area contributed by atoms with Gasteiger partial charge in [-0.15, -0.1) is 0 Å². The molecule has 1 aliphatic heterocycles. The van der Waals surface area contributed by atoms with Crippen LogP contribution in [0, 0.1) is 31.1 Å². The summed E-state index contributed by atoms with van der Waals surface area (Å²) in [6.07, 6.45) is 3.92. The van der Waals surface area contributed by atoms with Gasteiger partial charge in [-0.05, 0) is 49.6 Å². The molecular weight excluding hydrogens is 288 g/mol. The highest BCUT2D eigenvalue weighted by atomic mass is 16.3. The molecular formula is C18H20N4O. The third kappa shape index (κ3) is 3.17. The van der Waals surface area contributed by atoms with Crippen molar-refractivity contribution in [2.45, 2.75) is 26.4 Å². The Morgan fingerprint density at radius 1 is 1.30 bits per heavy atom. The van der Waals surface area contributed by atoms with Crippen molar-refractivity contribution in [1.82, 2.24) is 9.97 Å². The first-order chi connectivity index (χ1) is 11.1. The number of anilines is 1. The van der Waals surface area contributed by atoms with Gasteiger partial charge in [0.25, 0.3) is 0 Å². The van der Waals surface area contributed by atoms with Crippen LogP contribution >= 0.6 is 0 Å². The highest BCUT2D eigenvalue weighted by Gasteiger charge is 2.33. The zero-order chi connectivity index (χ0) is 16.4. The van der Waals surface area contributed by atoms with E-state index in [0.29, 0.717) is 24.5 Å². The van der Waals surface area contributed by atoms with Gasteiger partial charge in [0, 0.05) is 37.1 Å². The molecule has 1 N–H and O–H groups in total. The summed E-state index contributed by atoms with van der Waals surface area (Å²) in [5.41, 5.74) is 3.60. The predicted molar refractivity (Wildman–Crippen MR) is 88.1 cm³/mol. The zero-order valence-corrected chi connectivity index (χ0v) is 13.4. The SMILES string of the molecule is Cc1cc(C)c(C#N)c(N2C[C@@H](Cc3ccncc3)[C@H](O)C2)n1. The first-order valence-electron chi connectivity index (χ1n) is 7.78. The molecule has 2 aromatic rings. The Balaban J connectivity index is 1.83. The molecule has 23 heavy (non-hydrogen) atoms. The summed E-state index contributed by atoms with van der Waals surface area (Å²) in [4.78, 5) is 10.6. The van der Waals surface area contributed by atoms with Gasteiger partial charge < -0.3 is 10.0 Å². The van der Waals surface area contributed by atoms with E-state index in [1.165, 1.54) is 5.56 Å². The number of pyridine rings is 2. The average molecular weight is 308 g/mol. The highest BCUT2D eigenvalue weighted by Crippen LogP contribution is 2.29. The Bertz CT molecular complexity index is 739. The van der Waals surface area contributed by atoms with Crippen LogP contribution in [0.3, 0.4) is 0 Å². The third-order valence-corrected chi connectivity index (χ3v) is 4.39. The smallest absolute Gasteiger partial charge is 0.147 e. The number of aliphatic hydroxyl groups excluding tert-OH is 1. The Morgan fingerprint density at radius 2 is 2.04 bits per heavy atom. The van der Waals surface area contributed by atoms with E-state index in [4.69, 9.17) is 0 Å². The second kappa shape index (κ2) is 6.35. The molecule has 0 saturated carbocycles. The van der Waals surface area contributed by atoms with E-state index in [1.54, 1.807) is 12.4 Å². The third-order valence-electron chi connectivity index (χ3n) is 4.39. The van der Waals surface area contributed by atoms with Crippen molar-refractivity contribution in [2.24, 2.45) is 5.92 Å². The highest BCUT2D eigenvalue weighted by molar-refractivity contribution is 5.58. The maximum atomic E-state index is 10.4. The topological polar surface area (TPSA) is 73.0 Å². The van der Waals surface area contributed by atoms with Crippen LogP contribution in [0.5, 0.6) is 0 Å². The summed E-state index contributed by atoms with van der Waals surface area (Å²) in [7, 11) is 0. The van der Waals surface area contributed by atoms with Crippen molar-refractivity contribution in [1.29, 1.82) is 5.26 Å². The largest absolute Gasteiger partial charge is 0.391 e. The molecule has 118 valence electrons. The number of nitrogens with zero attached hydrogens (tertiary/aromatic N) is 4. The van der Waals surface area contributed by atoms with Crippen molar-refractivity contribution in [3.05, 3.63) is 53.0 Å². The first-order valence-corrected chi connectivity index (χ1v) is 7.78. The van der Waals surface area contributed by atoms with E-state index in [1.807, 2.05) is 36.9 Å². The maximum Gasteiger partial charge on any atom is 0.147 e. The minimum absolute atomic E-state index is 0.131. The molecule has 1 saturated heterocycles. The van der Waals surface area contributed by atoms with Crippen LogP contribution < -0.4 is 4.90 Å². The van der Waals surface area contributed by atoms with E-state index < -0.39 is 6.10 Å². The molecule has 1 aliphatic rings. The number of hydrogen-bond acceptors (Lipinski definition) is 5. The standard InChI is InChI=1S/C18H20N4O/c1-12-7-13(2)21-18(16(12)9-19)22-10-15(17(23)11-22)8-14-3-5-20-6-4-14/h3-7,15,17,23H,8,10-11H2,1-2H3/t15-,17-/m1/s1. The molecule has 0 amide bonds. The normalized spacial score (nSPS) is 20.5. The van der Waals surface area contributed by atoms with E-state index in [2.05, 4.69) is 16.0 Å². The van der Waals surface area contributed by atoms with Crippen LogP contribution in [0.25, 0.3) is 0 Å². The average Bonchev–Trinajstić information content (AvgIpc) is 2.88. The Kier molecular flexibility index (Phi) is 4.26. The molecule has 2 atom stereocenters. The van der Waals surface area contributed by atoms with Crippen LogP contribution in [0.4, 0.5) is 5.82 Å². The molecule has 0 unspecified atom stereocenters. The molecule has 5 nitrogen and oxygen atoms in total. The molecule has 0 aromatic carbocycles. The Labute approximate surface area is 136 Å². The molecule has 2 aromatic heterocycles. The van der Waals surface area contributed by atoms with Gasteiger partial charge in [0.15, 0.2) is 0 Å². The van der Waals surface area contributed by atoms with Crippen LogP contribution in [0.1, 0.15) is 22.4 Å². The minimum atomic E-state index is -0.419. The number of nitriles is 1. The van der Waals surface area contributed by atoms with Crippen molar-refractivity contribution in [2.75, 3.05) is 18.0 Å². The van der Waals surface area contributed by atoms with Gasteiger partial charge in [0.2, 0.25) is 0 Å². The van der Waals surface area contributed by atoms with Gasteiger partial charge in [-0.3, -0.25) is 4.98 Å². The second-order valence-electron chi connectivity index (χ2n) is 6.18. The quantitative estimate of drug-likeness (QED) is 0.939. The van der Waals surface area contributed by atoms with E-state index >= 15 is 0 Å². The van der Waals surface area contributed by atoms with E-state index in [0.717, 1.165) is 17.7 Å². The number of rotatable bonds is 3. The van der Waals surface area contributed by atoms with E-state index in [9.17, 15) is 10.4 Å². The van der Waals surface area contributed by atoms with Crippen LogP contribution in [0.2, 0.25) is 0 Å². The van der Waals surface area contributed by atoms with Gasteiger partial charge in [-0.25, -0.2) is 4.98 Å². The summed E-state index contributed by atoms with van der Waals surface area (Å²) in [6.45, 7) is 5.07. The second-order valence-corrected chi connectivity index (χ2v) is 6.18. The summed E-state index contributed by atoms with van der Waals surface area (Å²) in [5, 5.41) is 19.8. The van der Waals surface area contributed by atoms with E-state index in [-0.39, 0.29) is 5.92 Å². The lowest BCUT2D eigenvalue weighted by Gasteiger charge is -2.20. The molecule has 0 aliphatic carbocycles. The fraction of sp³-hybridized carbons (Fsp3) is 0.389. The van der Waals surface area contributed by atoms with Gasteiger partial charge in [0.1, 0.15) is 11.9 Å². The molecule has 0 radical (unpaired) electrons. The lowest BCUT2D eigenvalue weighted by atomic mass is 9.97. The van der Waals surface area contributed by atoms with Gasteiger partial charge >= 0.3 is 0 Å². The molecule has 0 spiro atoms. The fourth-order valence-electron chi connectivity index (χ4n) is 3.23.